The highest BCUT2D eigenvalue weighted by Crippen LogP contribution is 2.25. The zero-order valence-corrected chi connectivity index (χ0v) is 16.6. The number of hydrogen-bond donors (Lipinski definition) is 0. The Morgan fingerprint density at radius 1 is 1.17 bits per heavy atom. The van der Waals surface area contributed by atoms with Gasteiger partial charge in [-0.1, -0.05) is 11.3 Å². The summed E-state index contributed by atoms with van der Waals surface area (Å²) in [5, 5.41) is 10.4. The van der Waals surface area contributed by atoms with Crippen LogP contribution in [0.4, 0.5) is 19.6 Å². The summed E-state index contributed by atoms with van der Waals surface area (Å²) in [7, 11) is 1.63. The van der Waals surface area contributed by atoms with E-state index >= 15 is 0 Å². The van der Waals surface area contributed by atoms with Crippen LogP contribution >= 0.6 is 11.3 Å². The number of hydrogen-bond acceptors (Lipinski definition) is 8. The highest BCUT2D eigenvalue weighted by molar-refractivity contribution is 7.15. The van der Waals surface area contributed by atoms with E-state index in [1.807, 2.05) is 12.1 Å². The van der Waals surface area contributed by atoms with Crippen molar-refractivity contribution in [3.05, 3.63) is 39.9 Å². The zero-order chi connectivity index (χ0) is 20.4. The molecule has 1 saturated heterocycles. The van der Waals surface area contributed by atoms with Crippen molar-refractivity contribution in [2.24, 2.45) is 0 Å². The van der Waals surface area contributed by atoms with Crippen molar-refractivity contribution in [1.29, 1.82) is 0 Å². The van der Waals surface area contributed by atoms with Gasteiger partial charge in [-0.25, -0.2) is 13.8 Å². The third-order valence-corrected chi connectivity index (χ3v) is 5.74. The maximum Gasteiger partial charge on any atom is 0.261 e. The molecule has 1 aliphatic heterocycles. The molecule has 0 radical (unpaired) electrons. The fraction of sp³-hybridized carbons (Fsp3) is 0.444. The molecule has 11 heteroatoms. The van der Waals surface area contributed by atoms with Crippen molar-refractivity contribution >= 4 is 33.1 Å². The van der Waals surface area contributed by atoms with Crippen molar-refractivity contribution in [3.63, 3.8) is 0 Å². The molecule has 1 aliphatic rings. The molecule has 0 saturated carbocycles. The maximum absolute atomic E-state index is 12.6. The van der Waals surface area contributed by atoms with E-state index in [2.05, 4.69) is 25.0 Å². The topological polar surface area (TPSA) is 76.4 Å². The van der Waals surface area contributed by atoms with Gasteiger partial charge in [-0.05, 0) is 18.2 Å². The van der Waals surface area contributed by atoms with Gasteiger partial charge >= 0.3 is 0 Å². The predicted molar refractivity (Wildman–Crippen MR) is 107 cm³/mol. The highest BCUT2D eigenvalue weighted by Gasteiger charge is 2.21. The summed E-state index contributed by atoms with van der Waals surface area (Å²) in [5.74, 6) is 0. The average Bonchev–Trinajstić information content (AvgIpc) is 3.19. The minimum absolute atomic E-state index is 0.343. The van der Waals surface area contributed by atoms with Crippen LogP contribution in [0.1, 0.15) is 5.01 Å². The molecule has 0 spiro atoms. The van der Waals surface area contributed by atoms with Gasteiger partial charge in [0.05, 0.1) is 23.8 Å². The van der Waals surface area contributed by atoms with Crippen LogP contribution in [0.25, 0.3) is 10.9 Å². The Labute approximate surface area is 169 Å². The van der Waals surface area contributed by atoms with Crippen molar-refractivity contribution < 1.29 is 13.5 Å². The number of nitrogens with zero attached hydrogens (tertiary/aromatic N) is 6. The van der Waals surface area contributed by atoms with Gasteiger partial charge in [-0.3, -0.25) is 9.36 Å². The Morgan fingerprint density at radius 3 is 2.66 bits per heavy atom. The standard InChI is InChI=1S/C18H20F2N6O2S/c1-28-10-16-22-23-18(29-16)25-6-4-24(5-7-25)12-2-3-13-14(8-12)21-11-26(17(13)27)9-15(19)20/h2-3,8,11,15H,4-7,9-10H2,1H3. The Bertz CT molecular complexity index is 1050. The zero-order valence-electron chi connectivity index (χ0n) is 15.8. The van der Waals surface area contributed by atoms with Crippen LogP contribution in [0.15, 0.2) is 29.3 Å². The van der Waals surface area contributed by atoms with Gasteiger partial charge in [-0.15, -0.1) is 10.2 Å². The fourth-order valence-corrected chi connectivity index (χ4v) is 4.19. The quantitative estimate of drug-likeness (QED) is 0.601. The summed E-state index contributed by atoms with van der Waals surface area (Å²) >= 11 is 1.53. The normalized spacial score (nSPS) is 14.9. The van der Waals surface area contributed by atoms with E-state index in [-0.39, 0.29) is 0 Å². The van der Waals surface area contributed by atoms with E-state index in [0.717, 1.165) is 46.6 Å². The first kappa shape index (κ1) is 19.6. The third-order valence-electron chi connectivity index (χ3n) is 4.78. The largest absolute Gasteiger partial charge is 0.377 e. The van der Waals surface area contributed by atoms with Gasteiger partial charge in [0.15, 0.2) is 0 Å². The lowest BCUT2D eigenvalue weighted by molar-refractivity contribution is 0.125. The first-order valence-electron chi connectivity index (χ1n) is 9.13. The number of fused-ring (bicyclic) bond motifs is 1. The number of rotatable bonds is 6. The second-order valence-electron chi connectivity index (χ2n) is 6.68. The van der Waals surface area contributed by atoms with E-state index in [1.165, 1.54) is 17.7 Å². The summed E-state index contributed by atoms with van der Waals surface area (Å²) in [5.41, 5.74) is 1.01. The van der Waals surface area contributed by atoms with Crippen molar-refractivity contribution in [1.82, 2.24) is 19.7 Å². The molecule has 2 aromatic heterocycles. The fourth-order valence-electron chi connectivity index (χ4n) is 3.33. The first-order chi connectivity index (χ1) is 14.0. The highest BCUT2D eigenvalue weighted by atomic mass is 32.1. The minimum atomic E-state index is -2.60. The summed E-state index contributed by atoms with van der Waals surface area (Å²) in [6.07, 6.45) is -1.41. The first-order valence-corrected chi connectivity index (χ1v) is 9.95. The van der Waals surface area contributed by atoms with E-state index in [0.29, 0.717) is 17.5 Å². The summed E-state index contributed by atoms with van der Waals surface area (Å²) in [4.78, 5) is 20.9. The molecular formula is C18H20F2N6O2S. The van der Waals surface area contributed by atoms with E-state index in [4.69, 9.17) is 4.74 Å². The molecule has 29 heavy (non-hydrogen) atoms. The molecule has 1 fully saturated rings. The minimum Gasteiger partial charge on any atom is -0.377 e. The van der Waals surface area contributed by atoms with Gasteiger partial charge in [0.1, 0.15) is 11.6 Å². The van der Waals surface area contributed by atoms with Crippen molar-refractivity contribution in [2.45, 2.75) is 19.6 Å². The van der Waals surface area contributed by atoms with Gasteiger partial charge in [-0.2, -0.15) is 0 Å². The number of ether oxygens (including phenoxy) is 1. The lowest BCUT2D eigenvalue weighted by Gasteiger charge is -2.35. The Morgan fingerprint density at radius 2 is 1.93 bits per heavy atom. The van der Waals surface area contributed by atoms with Gasteiger partial charge in [0.2, 0.25) is 5.13 Å². The van der Waals surface area contributed by atoms with E-state index in [9.17, 15) is 13.6 Å². The molecule has 0 amide bonds. The molecule has 0 unspecified atom stereocenters. The van der Waals surface area contributed by atoms with Crippen molar-refractivity contribution in [3.8, 4) is 0 Å². The Balaban J connectivity index is 1.47. The van der Waals surface area contributed by atoms with Crippen LogP contribution in [-0.2, 0) is 17.9 Å². The van der Waals surface area contributed by atoms with E-state index in [1.54, 1.807) is 13.2 Å². The summed E-state index contributed by atoms with van der Waals surface area (Å²) in [6.45, 7) is 2.97. The molecule has 0 bridgehead atoms. The molecule has 154 valence electrons. The average molecular weight is 422 g/mol. The molecule has 3 heterocycles. The molecule has 4 rings (SSSR count). The number of aromatic nitrogens is 4. The summed E-state index contributed by atoms with van der Waals surface area (Å²) in [6, 6.07) is 5.34. The monoisotopic (exact) mass is 422 g/mol. The predicted octanol–water partition coefficient (Wildman–Crippen LogP) is 1.99. The van der Waals surface area contributed by atoms with Gasteiger partial charge in [0.25, 0.3) is 12.0 Å². The lowest BCUT2D eigenvalue weighted by atomic mass is 10.2. The van der Waals surface area contributed by atoms with Crippen LogP contribution in [-0.4, -0.2) is 59.5 Å². The molecule has 0 N–H and O–H groups in total. The Kier molecular flexibility index (Phi) is 5.67. The van der Waals surface area contributed by atoms with Crippen molar-refractivity contribution in [2.75, 3.05) is 43.1 Å². The van der Waals surface area contributed by atoms with Crippen LogP contribution in [0.5, 0.6) is 0 Å². The molecule has 0 atom stereocenters. The number of benzene rings is 1. The molecule has 1 aromatic carbocycles. The third kappa shape index (κ3) is 4.20. The number of methoxy groups -OCH3 is 1. The summed E-state index contributed by atoms with van der Waals surface area (Å²) < 4.78 is 31.2. The van der Waals surface area contributed by atoms with Gasteiger partial charge in [0, 0.05) is 39.0 Å². The molecule has 3 aromatic rings. The maximum atomic E-state index is 12.6. The SMILES string of the molecule is COCc1nnc(N2CCN(c3ccc4c(=O)n(CC(F)F)cnc4c3)CC2)s1. The van der Waals surface area contributed by atoms with Crippen LogP contribution in [0, 0.1) is 0 Å². The van der Waals surface area contributed by atoms with Crippen LogP contribution in [0.2, 0.25) is 0 Å². The number of alkyl halides is 2. The number of piperazine rings is 1. The lowest BCUT2D eigenvalue weighted by Crippen LogP contribution is -2.46. The molecular weight excluding hydrogens is 402 g/mol. The number of anilines is 2. The Hall–Kier alpha value is -2.66. The molecule has 0 aliphatic carbocycles. The van der Waals surface area contributed by atoms with Crippen LogP contribution < -0.4 is 15.4 Å². The second kappa shape index (κ2) is 8.37. The number of halogens is 2. The van der Waals surface area contributed by atoms with Crippen LogP contribution in [0.3, 0.4) is 0 Å². The van der Waals surface area contributed by atoms with E-state index < -0.39 is 18.5 Å². The molecule has 8 nitrogen and oxygen atoms in total. The smallest absolute Gasteiger partial charge is 0.261 e. The second-order valence-corrected chi connectivity index (χ2v) is 7.72. The van der Waals surface area contributed by atoms with Gasteiger partial charge < -0.3 is 14.5 Å².